The Kier molecular flexibility index (Phi) is 6.11. The van der Waals surface area contributed by atoms with Crippen LogP contribution in [0.5, 0.6) is 5.75 Å². The van der Waals surface area contributed by atoms with Crippen LogP contribution in [0.3, 0.4) is 0 Å². The van der Waals surface area contributed by atoms with Gasteiger partial charge in [0.15, 0.2) is 0 Å². The highest BCUT2D eigenvalue weighted by Gasteiger charge is 2.27. The average molecular weight is 277 g/mol. The standard InChI is InChI=1S/C13H18F3NO2/c1-17-12(6-7-19-9-13(14,15)16)10-4-3-5-11(8-10)18-2/h3-5,8,12,17H,6-7,9H2,1-2H3. The Morgan fingerprint density at radius 3 is 2.63 bits per heavy atom. The Bertz CT molecular complexity index is 382. The topological polar surface area (TPSA) is 30.5 Å². The molecule has 1 atom stereocenters. The molecular formula is C13H18F3NO2. The van der Waals surface area contributed by atoms with Crippen molar-refractivity contribution in [2.75, 3.05) is 27.4 Å². The molecule has 0 aliphatic heterocycles. The molecule has 1 aromatic rings. The van der Waals surface area contributed by atoms with E-state index in [1.54, 1.807) is 14.2 Å². The smallest absolute Gasteiger partial charge is 0.411 e. The molecule has 108 valence electrons. The van der Waals surface area contributed by atoms with Gasteiger partial charge in [-0.25, -0.2) is 0 Å². The van der Waals surface area contributed by atoms with Gasteiger partial charge in [-0.15, -0.1) is 0 Å². The molecule has 19 heavy (non-hydrogen) atoms. The Balaban J connectivity index is 2.48. The third-order valence-corrected chi connectivity index (χ3v) is 2.66. The van der Waals surface area contributed by atoms with Gasteiger partial charge in [0.05, 0.1) is 7.11 Å². The van der Waals surface area contributed by atoms with Crippen molar-refractivity contribution in [1.82, 2.24) is 5.32 Å². The number of rotatable bonds is 7. The Morgan fingerprint density at radius 1 is 1.32 bits per heavy atom. The van der Waals surface area contributed by atoms with E-state index in [0.29, 0.717) is 12.2 Å². The fourth-order valence-electron chi connectivity index (χ4n) is 1.73. The van der Waals surface area contributed by atoms with Crippen molar-refractivity contribution in [2.24, 2.45) is 0 Å². The lowest BCUT2D eigenvalue weighted by Crippen LogP contribution is -2.21. The summed E-state index contributed by atoms with van der Waals surface area (Å²) in [5.74, 6) is 0.717. The first-order chi connectivity index (χ1) is 8.96. The minimum Gasteiger partial charge on any atom is -0.497 e. The monoisotopic (exact) mass is 277 g/mol. The number of ether oxygens (including phenoxy) is 2. The normalized spacial score (nSPS) is 13.3. The molecule has 0 aliphatic carbocycles. The van der Waals surface area contributed by atoms with Gasteiger partial charge in [0.1, 0.15) is 12.4 Å². The van der Waals surface area contributed by atoms with E-state index in [2.05, 4.69) is 10.1 Å². The Labute approximate surface area is 110 Å². The van der Waals surface area contributed by atoms with Gasteiger partial charge in [0.25, 0.3) is 0 Å². The van der Waals surface area contributed by atoms with Gasteiger partial charge in [0, 0.05) is 12.6 Å². The van der Waals surface area contributed by atoms with Crippen LogP contribution in [0.15, 0.2) is 24.3 Å². The van der Waals surface area contributed by atoms with E-state index in [0.717, 1.165) is 5.56 Å². The lowest BCUT2D eigenvalue weighted by molar-refractivity contribution is -0.174. The minimum absolute atomic E-state index is 0.0439. The van der Waals surface area contributed by atoms with Crippen molar-refractivity contribution in [3.05, 3.63) is 29.8 Å². The van der Waals surface area contributed by atoms with Crippen LogP contribution in [0.2, 0.25) is 0 Å². The molecule has 0 spiro atoms. The molecule has 0 aliphatic rings. The number of alkyl halides is 3. The first-order valence-electron chi connectivity index (χ1n) is 5.92. The molecule has 0 saturated heterocycles. The lowest BCUT2D eigenvalue weighted by Gasteiger charge is -2.17. The van der Waals surface area contributed by atoms with Crippen molar-refractivity contribution < 1.29 is 22.6 Å². The molecule has 1 aromatic carbocycles. The van der Waals surface area contributed by atoms with E-state index in [-0.39, 0.29) is 12.6 Å². The van der Waals surface area contributed by atoms with Gasteiger partial charge in [-0.3, -0.25) is 0 Å². The number of nitrogens with one attached hydrogen (secondary N) is 1. The highest BCUT2D eigenvalue weighted by Crippen LogP contribution is 2.22. The van der Waals surface area contributed by atoms with Gasteiger partial charge in [0.2, 0.25) is 0 Å². The summed E-state index contributed by atoms with van der Waals surface area (Å²) in [4.78, 5) is 0. The van der Waals surface area contributed by atoms with Gasteiger partial charge in [-0.05, 0) is 31.2 Å². The van der Waals surface area contributed by atoms with E-state index in [9.17, 15) is 13.2 Å². The van der Waals surface area contributed by atoms with Gasteiger partial charge in [-0.2, -0.15) is 13.2 Å². The zero-order chi connectivity index (χ0) is 14.3. The summed E-state index contributed by atoms with van der Waals surface area (Å²) in [5, 5.41) is 3.05. The van der Waals surface area contributed by atoms with Gasteiger partial charge >= 0.3 is 6.18 Å². The molecular weight excluding hydrogens is 259 g/mol. The molecule has 0 aromatic heterocycles. The highest BCUT2D eigenvalue weighted by molar-refractivity contribution is 5.30. The molecule has 0 saturated carbocycles. The van der Waals surface area contributed by atoms with Crippen molar-refractivity contribution in [3.8, 4) is 5.75 Å². The highest BCUT2D eigenvalue weighted by atomic mass is 19.4. The maximum absolute atomic E-state index is 11.9. The Hall–Kier alpha value is -1.27. The van der Waals surface area contributed by atoms with Crippen LogP contribution in [0, 0.1) is 0 Å². The van der Waals surface area contributed by atoms with Crippen molar-refractivity contribution in [1.29, 1.82) is 0 Å². The van der Waals surface area contributed by atoms with Gasteiger partial charge < -0.3 is 14.8 Å². The van der Waals surface area contributed by atoms with E-state index in [1.165, 1.54) is 0 Å². The SMILES string of the molecule is CNC(CCOCC(F)(F)F)c1cccc(OC)c1. The molecule has 1 unspecified atom stereocenters. The molecule has 0 radical (unpaired) electrons. The number of hydrogen-bond acceptors (Lipinski definition) is 3. The second-order valence-corrected chi connectivity index (χ2v) is 4.07. The number of hydrogen-bond donors (Lipinski definition) is 1. The number of methoxy groups -OCH3 is 1. The summed E-state index contributed by atoms with van der Waals surface area (Å²) in [6.45, 7) is -1.16. The fraction of sp³-hybridized carbons (Fsp3) is 0.538. The lowest BCUT2D eigenvalue weighted by atomic mass is 10.0. The zero-order valence-electron chi connectivity index (χ0n) is 11.0. The van der Waals surface area contributed by atoms with Crippen molar-refractivity contribution in [3.63, 3.8) is 0 Å². The van der Waals surface area contributed by atoms with E-state index >= 15 is 0 Å². The minimum atomic E-state index is -4.27. The van der Waals surface area contributed by atoms with Crippen LogP contribution < -0.4 is 10.1 Å². The fourth-order valence-corrected chi connectivity index (χ4v) is 1.73. The third-order valence-electron chi connectivity index (χ3n) is 2.66. The summed E-state index contributed by atoms with van der Waals surface area (Å²) < 4.78 is 45.5. The van der Waals surface area contributed by atoms with Crippen LogP contribution in [0.25, 0.3) is 0 Å². The van der Waals surface area contributed by atoms with Crippen molar-refractivity contribution >= 4 is 0 Å². The first-order valence-corrected chi connectivity index (χ1v) is 5.92. The van der Waals surface area contributed by atoms with E-state index in [4.69, 9.17) is 4.74 Å². The molecule has 0 bridgehead atoms. The number of halogens is 3. The van der Waals surface area contributed by atoms with Crippen LogP contribution in [0.1, 0.15) is 18.0 Å². The Morgan fingerprint density at radius 2 is 2.05 bits per heavy atom. The zero-order valence-corrected chi connectivity index (χ0v) is 11.0. The summed E-state index contributed by atoms with van der Waals surface area (Å²) in [5.41, 5.74) is 0.956. The van der Waals surface area contributed by atoms with Crippen LogP contribution in [0.4, 0.5) is 13.2 Å². The van der Waals surface area contributed by atoms with Crippen LogP contribution >= 0.6 is 0 Å². The molecule has 0 heterocycles. The molecule has 1 rings (SSSR count). The molecule has 0 fully saturated rings. The summed E-state index contributed by atoms with van der Waals surface area (Å²) in [6.07, 6.45) is -3.81. The summed E-state index contributed by atoms with van der Waals surface area (Å²) in [7, 11) is 3.33. The second kappa shape index (κ2) is 7.35. The first kappa shape index (κ1) is 15.8. The summed E-state index contributed by atoms with van der Waals surface area (Å²) >= 11 is 0. The summed E-state index contributed by atoms with van der Waals surface area (Å²) in [6, 6.07) is 7.34. The third kappa shape index (κ3) is 5.94. The van der Waals surface area contributed by atoms with Gasteiger partial charge in [-0.1, -0.05) is 12.1 Å². The second-order valence-electron chi connectivity index (χ2n) is 4.07. The average Bonchev–Trinajstić information content (AvgIpc) is 2.37. The van der Waals surface area contributed by atoms with Crippen molar-refractivity contribution in [2.45, 2.75) is 18.6 Å². The maximum Gasteiger partial charge on any atom is 0.411 e. The van der Waals surface area contributed by atoms with E-state index in [1.807, 2.05) is 24.3 Å². The van der Waals surface area contributed by atoms with Crippen LogP contribution in [-0.2, 0) is 4.74 Å². The van der Waals surface area contributed by atoms with Crippen LogP contribution in [-0.4, -0.2) is 33.5 Å². The van der Waals surface area contributed by atoms with E-state index < -0.39 is 12.8 Å². The largest absolute Gasteiger partial charge is 0.497 e. The number of benzene rings is 1. The molecule has 0 amide bonds. The quantitative estimate of drug-likeness (QED) is 0.777. The molecule has 1 N–H and O–H groups in total. The predicted molar refractivity (Wildman–Crippen MR) is 66.3 cm³/mol. The molecule has 6 heteroatoms. The molecule has 3 nitrogen and oxygen atoms in total. The maximum atomic E-state index is 11.9. The predicted octanol–water partition coefficient (Wildman–Crippen LogP) is 2.92.